The summed E-state index contributed by atoms with van der Waals surface area (Å²) in [5.74, 6) is -0.174. The maximum absolute atomic E-state index is 12.1. The minimum Gasteiger partial charge on any atom is -0.350 e. The predicted molar refractivity (Wildman–Crippen MR) is 77.2 cm³/mol. The van der Waals surface area contributed by atoms with Crippen LogP contribution in [-0.2, 0) is 0 Å². The van der Waals surface area contributed by atoms with Crippen LogP contribution in [0.25, 0.3) is 0 Å². The second-order valence-corrected chi connectivity index (χ2v) is 4.71. The van der Waals surface area contributed by atoms with E-state index in [4.69, 9.17) is 5.73 Å². The molecule has 1 unspecified atom stereocenters. The van der Waals surface area contributed by atoms with Gasteiger partial charge in [0.15, 0.2) is 0 Å². The van der Waals surface area contributed by atoms with Gasteiger partial charge in [-0.2, -0.15) is 10.2 Å². The molecule has 2 rings (SSSR count). The Balaban J connectivity index is 2.00. The van der Waals surface area contributed by atoms with E-state index in [1.807, 2.05) is 30.3 Å². The van der Waals surface area contributed by atoms with E-state index in [0.717, 1.165) is 5.56 Å². The molecule has 0 aliphatic carbocycles. The maximum atomic E-state index is 12.1. The highest BCUT2D eigenvalue weighted by atomic mass is 16.1. The average Bonchev–Trinajstić information content (AvgIpc) is 2.47. The minimum atomic E-state index is -0.226. The van der Waals surface area contributed by atoms with Crippen molar-refractivity contribution >= 4 is 5.91 Å². The van der Waals surface area contributed by atoms with Crippen LogP contribution in [0.3, 0.4) is 0 Å². The quantitative estimate of drug-likeness (QED) is 0.882. The van der Waals surface area contributed by atoms with Crippen LogP contribution in [0, 0.1) is 13.8 Å². The van der Waals surface area contributed by atoms with Crippen molar-refractivity contribution in [1.29, 1.82) is 0 Å². The summed E-state index contributed by atoms with van der Waals surface area (Å²) in [7, 11) is 0. The van der Waals surface area contributed by atoms with Crippen molar-refractivity contribution in [3.63, 3.8) is 0 Å². The Morgan fingerprint density at radius 1 is 1.25 bits per heavy atom. The number of aryl methyl sites for hydroxylation is 2. The van der Waals surface area contributed by atoms with Crippen LogP contribution in [-0.4, -0.2) is 22.6 Å². The molecule has 5 heteroatoms. The molecule has 0 spiro atoms. The van der Waals surface area contributed by atoms with Crippen molar-refractivity contribution in [2.24, 2.45) is 5.73 Å². The molecule has 2 aromatic rings. The average molecular weight is 270 g/mol. The fourth-order valence-electron chi connectivity index (χ4n) is 1.90. The smallest absolute Gasteiger partial charge is 0.253 e. The first kappa shape index (κ1) is 14.1. The van der Waals surface area contributed by atoms with E-state index in [1.165, 1.54) is 0 Å². The largest absolute Gasteiger partial charge is 0.350 e. The van der Waals surface area contributed by atoms with Gasteiger partial charge < -0.3 is 11.1 Å². The Labute approximate surface area is 118 Å². The van der Waals surface area contributed by atoms with Gasteiger partial charge in [-0.3, -0.25) is 4.79 Å². The number of nitrogens with two attached hydrogens (primary N) is 1. The Hall–Kier alpha value is -2.27. The van der Waals surface area contributed by atoms with Gasteiger partial charge in [0, 0.05) is 12.6 Å². The second-order valence-electron chi connectivity index (χ2n) is 4.71. The van der Waals surface area contributed by atoms with Gasteiger partial charge >= 0.3 is 0 Å². The first-order valence-corrected chi connectivity index (χ1v) is 6.47. The van der Waals surface area contributed by atoms with Gasteiger partial charge in [0.05, 0.1) is 17.0 Å². The van der Waals surface area contributed by atoms with Crippen molar-refractivity contribution in [2.75, 3.05) is 6.54 Å². The Bertz CT molecular complexity index is 598. The SMILES string of the molecule is Cc1cc(C(=O)NCC(N)c2ccccc2)c(C)nn1. The number of aromatic nitrogens is 2. The molecule has 1 aromatic heterocycles. The molecule has 1 amide bonds. The number of carbonyl (C=O) groups excluding carboxylic acids is 1. The first-order chi connectivity index (χ1) is 9.58. The van der Waals surface area contributed by atoms with Gasteiger partial charge in [0.25, 0.3) is 5.91 Å². The lowest BCUT2D eigenvalue weighted by Gasteiger charge is -2.13. The van der Waals surface area contributed by atoms with Gasteiger partial charge in [0.2, 0.25) is 0 Å². The molecule has 0 aliphatic rings. The Kier molecular flexibility index (Phi) is 4.42. The molecule has 3 N–H and O–H groups in total. The number of nitrogens with one attached hydrogen (secondary N) is 1. The van der Waals surface area contributed by atoms with Crippen LogP contribution < -0.4 is 11.1 Å². The van der Waals surface area contributed by atoms with Crippen molar-refractivity contribution < 1.29 is 4.79 Å². The zero-order chi connectivity index (χ0) is 14.5. The second kappa shape index (κ2) is 6.25. The molecule has 1 aromatic carbocycles. The normalized spacial score (nSPS) is 11.9. The lowest BCUT2D eigenvalue weighted by Crippen LogP contribution is -2.32. The highest BCUT2D eigenvalue weighted by molar-refractivity contribution is 5.95. The number of carbonyl (C=O) groups is 1. The van der Waals surface area contributed by atoms with Crippen LogP contribution in [0.1, 0.15) is 33.4 Å². The topological polar surface area (TPSA) is 80.9 Å². The van der Waals surface area contributed by atoms with E-state index in [9.17, 15) is 4.79 Å². The third-order valence-electron chi connectivity index (χ3n) is 3.06. The van der Waals surface area contributed by atoms with Crippen molar-refractivity contribution in [2.45, 2.75) is 19.9 Å². The zero-order valence-corrected chi connectivity index (χ0v) is 11.6. The van der Waals surface area contributed by atoms with Crippen molar-refractivity contribution in [3.05, 3.63) is 58.9 Å². The summed E-state index contributed by atoms with van der Waals surface area (Å²) >= 11 is 0. The monoisotopic (exact) mass is 270 g/mol. The number of amides is 1. The Morgan fingerprint density at radius 3 is 2.65 bits per heavy atom. The molecule has 104 valence electrons. The van der Waals surface area contributed by atoms with Gasteiger partial charge in [-0.05, 0) is 25.5 Å². The molecule has 1 heterocycles. The van der Waals surface area contributed by atoms with Crippen LogP contribution in [0.15, 0.2) is 36.4 Å². The molecular weight excluding hydrogens is 252 g/mol. The van der Waals surface area contributed by atoms with Gasteiger partial charge in [-0.1, -0.05) is 30.3 Å². The van der Waals surface area contributed by atoms with E-state index in [-0.39, 0.29) is 11.9 Å². The Morgan fingerprint density at radius 2 is 1.95 bits per heavy atom. The molecule has 0 saturated carbocycles. The highest BCUT2D eigenvalue weighted by Gasteiger charge is 2.13. The molecule has 1 atom stereocenters. The molecule has 20 heavy (non-hydrogen) atoms. The fraction of sp³-hybridized carbons (Fsp3) is 0.267. The molecular formula is C15H18N4O. The van der Waals surface area contributed by atoms with Crippen LogP contribution in [0.5, 0.6) is 0 Å². The molecule has 0 saturated heterocycles. The number of hydrogen-bond acceptors (Lipinski definition) is 4. The van der Waals surface area contributed by atoms with E-state index in [0.29, 0.717) is 23.5 Å². The first-order valence-electron chi connectivity index (χ1n) is 6.47. The molecule has 0 radical (unpaired) electrons. The van der Waals surface area contributed by atoms with Crippen LogP contribution in [0.2, 0.25) is 0 Å². The zero-order valence-electron chi connectivity index (χ0n) is 11.6. The highest BCUT2D eigenvalue weighted by Crippen LogP contribution is 2.09. The summed E-state index contributed by atoms with van der Waals surface area (Å²) in [4.78, 5) is 12.1. The maximum Gasteiger partial charge on any atom is 0.253 e. The summed E-state index contributed by atoms with van der Waals surface area (Å²) in [6.45, 7) is 3.95. The summed E-state index contributed by atoms with van der Waals surface area (Å²) in [6, 6.07) is 11.2. The number of hydrogen-bond donors (Lipinski definition) is 2. The van der Waals surface area contributed by atoms with Crippen molar-refractivity contribution in [3.8, 4) is 0 Å². The van der Waals surface area contributed by atoms with Gasteiger partial charge in [-0.25, -0.2) is 0 Å². The molecule has 0 fully saturated rings. The number of benzene rings is 1. The summed E-state index contributed by atoms with van der Waals surface area (Å²) in [6.07, 6.45) is 0. The third kappa shape index (κ3) is 3.39. The van der Waals surface area contributed by atoms with Gasteiger partial charge in [0.1, 0.15) is 0 Å². The molecule has 0 bridgehead atoms. The summed E-state index contributed by atoms with van der Waals surface area (Å²) in [5, 5.41) is 10.7. The summed E-state index contributed by atoms with van der Waals surface area (Å²) in [5.41, 5.74) is 8.91. The standard InChI is InChI=1S/C15H18N4O/c1-10-8-13(11(2)19-18-10)15(20)17-9-14(16)12-6-4-3-5-7-12/h3-8,14H,9,16H2,1-2H3,(H,17,20). The number of nitrogens with zero attached hydrogens (tertiary/aromatic N) is 2. The van der Waals surface area contributed by atoms with Crippen LogP contribution in [0.4, 0.5) is 0 Å². The predicted octanol–water partition coefficient (Wildman–Crippen LogP) is 1.52. The van der Waals surface area contributed by atoms with Gasteiger partial charge in [-0.15, -0.1) is 0 Å². The molecule has 5 nitrogen and oxygen atoms in total. The van der Waals surface area contributed by atoms with E-state index in [2.05, 4.69) is 15.5 Å². The third-order valence-corrected chi connectivity index (χ3v) is 3.06. The summed E-state index contributed by atoms with van der Waals surface area (Å²) < 4.78 is 0. The lowest BCUT2D eigenvalue weighted by molar-refractivity contribution is 0.0950. The number of rotatable bonds is 4. The van der Waals surface area contributed by atoms with Crippen molar-refractivity contribution in [1.82, 2.24) is 15.5 Å². The molecule has 0 aliphatic heterocycles. The van der Waals surface area contributed by atoms with E-state index < -0.39 is 0 Å². The fourth-order valence-corrected chi connectivity index (χ4v) is 1.90. The van der Waals surface area contributed by atoms with E-state index in [1.54, 1.807) is 19.9 Å². The lowest BCUT2D eigenvalue weighted by atomic mass is 10.1. The van der Waals surface area contributed by atoms with E-state index >= 15 is 0 Å². The minimum absolute atomic E-state index is 0.174. The van der Waals surface area contributed by atoms with Crippen LogP contribution >= 0.6 is 0 Å².